The fourth-order valence-corrected chi connectivity index (χ4v) is 2.94. The normalized spacial score (nSPS) is 15.0. The highest BCUT2D eigenvalue weighted by molar-refractivity contribution is 5.92. The summed E-state index contributed by atoms with van der Waals surface area (Å²) in [6.45, 7) is 1.50. The van der Waals surface area contributed by atoms with Crippen LogP contribution in [0.2, 0.25) is 0 Å². The van der Waals surface area contributed by atoms with E-state index < -0.39 is 6.36 Å². The van der Waals surface area contributed by atoms with E-state index in [1.165, 1.54) is 12.1 Å². The number of hydrogen-bond acceptors (Lipinski definition) is 4. The van der Waals surface area contributed by atoms with E-state index in [4.69, 9.17) is 0 Å². The summed E-state index contributed by atoms with van der Waals surface area (Å²) in [6.07, 6.45) is -1.92. The molecule has 2 N–H and O–H groups in total. The van der Waals surface area contributed by atoms with E-state index in [1.807, 2.05) is 23.1 Å². The van der Waals surface area contributed by atoms with Crippen LogP contribution in [0.4, 0.5) is 18.9 Å². The lowest BCUT2D eigenvalue weighted by Crippen LogP contribution is -2.36. The summed E-state index contributed by atoms with van der Waals surface area (Å²) in [5, 5.41) is 12.0. The predicted molar refractivity (Wildman–Crippen MR) is 98.9 cm³/mol. The molecule has 0 unspecified atom stereocenters. The first-order valence-corrected chi connectivity index (χ1v) is 8.65. The molecule has 0 spiro atoms. The number of rotatable bonds is 5. The molecule has 1 aliphatic rings. The molecular weight excluding hydrogens is 373 g/mol. The maximum atomic E-state index is 12.2. The van der Waals surface area contributed by atoms with Crippen molar-refractivity contribution in [3.63, 3.8) is 0 Å². The van der Waals surface area contributed by atoms with Gasteiger partial charge in [-0.1, -0.05) is 18.2 Å². The molecule has 2 aromatic rings. The lowest BCUT2D eigenvalue weighted by atomic mass is 9.99. The van der Waals surface area contributed by atoms with Crippen LogP contribution in [0.15, 0.2) is 54.6 Å². The number of aromatic hydroxyl groups is 1. The molecule has 3 rings (SSSR count). The maximum Gasteiger partial charge on any atom is 0.573 e. The standard InChI is InChI=1S/C20H19F3N2O3/c21-20(22,23)28-18-7-3-16(4-8-18)24-19(27)13-25-11-9-15(10-12-25)14-1-5-17(26)6-2-14/h1-9,26H,10-13H2,(H,24,27). The third kappa shape index (κ3) is 5.75. The Morgan fingerprint density at radius 3 is 2.36 bits per heavy atom. The van der Waals surface area contributed by atoms with E-state index in [0.29, 0.717) is 18.8 Å². The number of halogens is 3. The number of phenolic OH excluding ortho intramolecular Hbond substituents is 1. The van der Waals surface area contributed by atoms with Crippen LogP contribution < -0.4 is 10.1 Å². The van der Waals surface area contributed by atoms with Crippen LogP contribution in [0.3, 0.4) is 0 Å². The van der Waals surface area contributed by atoms with Gasteiger partial charge in [0, 0.05) is 18.8 Å². The van der Waals surface area contributed by atoms with Gasteiger partial charge in [0.05, 0.1) is 6.54 Å². The summed E-state index contributed by atoms with van der Waals surface area (Å²) in [5.41, 5.74) is 2.61. The van der Waals surface area contributed by atoms with Crippen LogP contribution in [0, 0.1) is 0 Å². The average Bonchev–Trinajstić information content (AvgIpc) is 2.63. The first-order chi connectivity index (χ1) is 13.3. The Morgan fingerprint density at radius 2 is 1.79 bits per heavy atom. The summed E-state index contributed by atoms with van der Waals surface area (Å²) < 4.78 is 40.3. The van der Waals surface area contributed by atoms with Crippen LogP contribution >= 0.6 is 0 Å². The number of amides is 1. The molecule has 0 aromatic heterocycles. The van der Waals surface area contributed by atoms with Gasteiger partial charge in [-0.2, -0.15) is 0 Å². The minimum Gasteiger partial charge on any atom is -0.508 e. The van der Waals surface area contributed by atoms with Gasteiger partial charge >= 0.3 is 6.36 Å². The zero-order valence-electron chi connectivity index (χ0n) is 14.9. The van der Waals surface area contributed by atoms with Gasteiger partial charge in [0.2, 0.25) is 5.91 Å². The van der Waals surface area contributed by atoms with Gasteiger partial charge in [0.25, 0.3) is 0 Å². The quantitative estimate of drug-likeness (QED) is 0.807. The number of ether oxygens (including phenoxy) is 1. The van der Waals surface area contributed by atoms with Gasteiger partial charge in [0.1, 0.15) is 11.5 Å². The Morgan fingerprint density at radius 1 is 1.11 bits per heavy atom. The number of alkyl halides is 3. The van der Waals surface area contributed by atoms with E-state index in [-0.39, 0.29) is 24.0 Å². The average molecular weight is 392 g/mol. The second-order valence-electron chi connectivity index (χ2n) is 6.38. The van der Waals surface area contributed by atoms with E-state index in [1.54, 1.807) is 12.1 Å². The molecule has 0 fully saturated rings. The van der Waals surface area contributed by atoms with Crippen LogP contribution in [-0.4, -0.2) is 41.9 Å². The van der Waals surface area contributed by atoms with Gasteiger partial charge < -0.3 is 15.2 Å². The van der Waals surface area contributed by atoms with Gasteiger partial charge in [-0.15, -0.1) is 13.2 Å². The first kappa shape index (κ1) is 19.8. The second kappa shape index (κ2) is 8.35. The predicted octanol–water partition coefficient (Wildman–Crippen LogP) is 4.02. The van der Waals surface area contributed by atoms with Gasteiger partial charge in [-0.3, -0.25) is 9.69 Å². The molecule has 5 nitrogen and oxygen atoms in total. The molecule has 2 aromatic carbocycles. The van der Waals surface area contributed by atoms with Crippen molar-refractivity contribution in [1.82, 2.24) is 4.90 Å². The van der Waals surface area contributed by atoms with Gasteiger partial charge in [-0.05, 0) is 54.0 Å². The number of nitrogens with zero attached hydrogens (tertiary/aromatic N) is 1. The van der Waals surface area contributed by atoms with Crippen LogP contribution in [0.25, 0.3) is 5.57 Å². The molecule has 1 amide bonds. The van der Waals surface area contributed by atoms with Gasteiger partial charge in [-0.25, -0.2) is 0 Å². The molecule has 0 atom stereocenters. The summed E-state index contributed by atoms with van der Waals surface area (Å²) in [7, 11) is 0. The molecule has 148 valence electrons. The summed E-state index contributed by atoms with van der Waals surface area (Å²) >= 11 is 0. The molecule has 1 heterocycles. The number of carbonyl (C=O) groups excluding carboxylic acids is 1. The molecular formula is C20H19F3N2O3. The number of anilines is 1. The Bertz CT molecular complexity index is 846. The highest BCUT2D eigenvalue weighted by atomic mass is 19.4. The fourth-order valence-electron chi connectivity index (χ4n) is 2.94. The minimum absolute atomic E-state index is 0.181. The Kier molecular flexibility index (Phi) is 5.89. The molecule has 0 aliphatic carbocycles. The molecule has 0 radical (unpaired) electrons. The first-order valence-electron chi connectivity index (χ1n) is 8.65. The molecule has 0 saturated carbocycles. The highest BCUT2D eigenvalue weighted by Crippen LogP contribution is 2.25. The van der Waals surface area contributed by atoms with Crippen molar-refractivity contribution in [1.29, 1.82) is 0 Å². The fraction of sp³-hybridized carbons (Fsp3) is 0.250. The monoisotopic (exact) mass is 392 g/mol. The maximum absolute atomic E-state index is 12.2. The SMILES string of the molecule is O=C(CN1CC=C(c2ccc(O)cc2)CC1)Nc1ccc(OC(F)(F)F)cc1. The van der Waals surface area contributed by atoms with E-state index >= 15 is 0 Å². The molecule has 0 saturated heterocycles. The topological polar surface area (TPSA) is 61.8 Å². The second-order valence-corrected chi connectivity index (χ2v) is 6.38. The minimum atomic E-state index is -4.74. The summed E-state index contributed by atoms with van der Waals surface area (Å²) in [5.74, 6) is -0.365. The molecule has 1 aliphatic heterocycles. The van der Waals surface area contributed by atoms with Crippen molar-refractivity contribution < 1.29 is 27.8 Å². The number of hydrogen-bond donors (Lipinski definition) is 2. The zero-order valence-corrected chi connectivity index (χ0v) is 14.9. The van der Waals surface area contributed by atoms with Crippen molar-refractivity contribution in [3.05, 3.63) is 60.2 Å². The Balaban J connectivity index is 1.50. The third-order valence-electron chi connectivity index (χ3n) is 4.27. The smallest absolute Gasteiger partial charge is 0.508 e. The van der Waals surface area contributed by atoms with E-state index in [9.17, 15) is 23.1 Å². The van der Waals surface area contributed by atoms with Crippen LogP contribution in [0.1, 0.15) is 12.0 Å². The number of carbonyl (C=O) groups is 1. The Hall–Kier alpha value is -3.00. The van der Waals surface area contributed by atoms with Crippen molar-refractivity contribution in [3.8, 4) is 11.5 Å². The van der Waals surface area contributed by atoms with Crippen LogP contribution in [-0.2, 0) is 4.79 Å². The largest absolute Gasteiger partial charge is 0.573 e. The van der Waals surface area contributed by atoms with Crippen molar-refractivity contribution in [2.24, 2.45) is 0 Å². The number of phenols is 1. The van der Waals surface area contributed by atoms with E-state index in [2.05, 4.69) is 10.1 Å². The zero-order chi connectivity index (χ0) is 20.1. The lowest BCUT2D eigenvalue weighted by Gasteiger charge is -2.26. The van der Waals surface area contributed by atoms with E-state index in [0.717, 1.165) is 29.7 Å². The molecule has 8 heteroatoms. The Labute approximate surface area is 160 Å². The van der Waals surface area contributed by atoms with Crippen molar-refractivity contribution >= 4 is 17.2 Å². The third-order valence-corrected chi connectivity index (χ3v) is 4.27. The van der Waals surface area contributed by atoms with Crippen molar-refractivity contribution in [2.75, 3.05) is 25.0 Å². The summed E-state index contributed by atoms with van der Waals surface area (Å²) in [6, 6.07) is 12.0. The van der Waals surface area contributed by atoms with Crippen LogP contribution in [0.5, 0.6) is 11.5 Å². The van der Waals surface area contributed by atoms with Crippen molar-refractivity contribution in [2.45, 2.75) is 12.8 Å². The van der Waals surface area contributed by atoms with Gasteiger partial charge in [0.15, 0.2) is 0 Å². The lowest BCUT2D eigenvalue weighted by molar-refractivity contribution is -0.274. The summed E-state index contributed by atoms with van der Waals surface area (Å²) in [4.78, 5) is 14.1. The molecule has 28 heavy (non-hydrogen) atoms. The highest BCUT2D eigenvalue weighted by Gasteiger charge is 2.31. The molecule has 0 bridgehead atoms. The number of benzene rings is 2. The number of nitrogens with one attached hydrogen (secondary N) is 1.